The zero-order valence-electron chi connectivity index (χ0n) is 9.04. The predicted molar refractivity (Wildman–Crippen MR) is 67.4 cm³/mol. The van der Waals surface area contributed by atoms with E-state index < -0.39 is 0 Å². The first-order valence-corrected chi connectivity index (χ1v) is 6.15. The Hall–Kier alpha value is -0.730. The summed E-state index contributed by atoms with van der Waals surface area (Å²) in [5, 5.41) is 0.696. The summed E-state index contributed by atoms with van der Waals surface area (Å²) < 4.78 is 0. The number of hydrogen-bond acceptors (Lipinski definition) is 1. The normalized spacial score (nSPS) is 20.6. The van der Waals surface area contributed by atoms with Gasteiger partial charge in [-0.1, -0.05) is 11.6 Å². The Balaban J connectivity index is 2.28. The lowest BCUT2D eigenvalue weighted by molar-refractivity contribution is -0.117. The predicted octanol–water partition coefficient (Wildman–Crippen LogP) is 3.24. The highest BCUT2D eigenvalue weighted by molar-refractivity contribution is 6.30. The second-order valence-corrected chi connectivity index (χ2v) is 4.90. The number of rotatable bonds is 2. The molecule has 0 N–H and O–H groups in total. The number of carbonyl (C=O) groups is 1. The van der Waals surface area contributed by atoms with Crippen LogP contribution >= 0.6 is 23.2 Å². The minimum absolute atomic E-state index is 0.149. The maximum absolute atomic E-state index is 11.8. The van der Waals surface area contributed by atoms with Crippen LogP contribution in [0, 0.1) is 12.8 Å². The van der Waals surface area contributed by atoms with Crippen LogP contribution in [0.5, 0.6) is 0 Å². The van der Waals surface area contributed by atoms with Crippen molar-refractivity contribution in [3.05, 3.63) is 28.8 Å². The second kappa shape index (κ2) is 4.64. The quantitative estimate of drug-likeness (QED) is 0.746. The number of amides is 1. The Labute approximate surface area is 105 Å². The number of hydrogen-bond donors (Lipinski definition) is 0. The van der Waals surface area contributed by atoms with Crippen LogP contribution in [0.15, 0.2) is 18.2 Å². The minimum Gasteiger partial charge on any atom is -0.312 e. The van der Waals surface area contributed by atoms with Gasteiger partial charge in [-0.25, -0.2) is 0 Å². The fourth-order valence-corrected chi connectivity index (χ4v) is 2.47. The third-order valence-electron chi connectivity index (χ3n) is 2.87. The molecular formula is C12H13Cl2NO. The summed E-state index contributed by atoms with van der Waals surface area (Å²) in [7, 11) is 0. The van der Waals surface area contributed by atoms with E-state index >= 15 is 0 Å². The van der Waals surface area contributed by atoms with Gasteiger partial charge in [-0.15, -0.1) is 11.6 Å². The van der Waals surface area contributed by atoms with E-state index in [9.17, 15) is 4.79 Å². The van der Waals surface area contributed by atoms with Gasteiger partial charge < -0.3 is 4.90 Å². The van der Waals surface area contributed by atoms with Gasteiger partial charge in [0.1, 0.15) is 0 Å². The molecule has 0 spiro atoms. The van der Waals surface area contributed by atoms with E-state index in [1.165, 1.54) is 0 Å². The zero-order valence-corrected chi connectivity index (χ0v) is 10.6. The molecule has 1 unspecified atom stereocenters. The van der Waals surface area contributed by atoms with Crippen molar-refractivity contribution in [3.63, 3.8) is 0 Å². The van der Waals surface area contributed by atoms with Crippen LogP contribution < -0.4 is 4.90 Å². The van der Waals surface area contributed by atoms with Crippen molar-refractivity contribution in [3.8, 4) is 0 Å². The molecule has 1 saturated heterocycles. The monoisotopic (exact) mass is 257 g/mol. The molecule has 1 aliphatic heterocycles. The largest absolute Gasteiger partial charge is 0.312 e. The van der Waals surface area contributed by atoms with Gasteiger partial charge >= 0.3 is 0 Å². The van der Waals surface area contributed by atoms with Crippen molar-refractivity contribution in [1.29, 1.82) is 0 Å². The molecule has 1 fully saturated rings. The van der Waals surface area contributed by atoms with E-state index in [0.717, 1.165) is 11.3 Å². The Bertz CT molecular complexity index is 419. The molecule has 1 aliphatic rings. The van der Waals surface area contributed by atoms with Crippen molar-refractivity contribution in [2.24, 2.45) is 5.92 Å². The van der Waals surface area contributed by atoms with Crippen molar-refractivity contribution in [2.45, 2.75) is 13.3 Å². The lowest BCUT2D eigenvalue weighted by Crippen LogP contribution is -2.25. The van der Waals surface area contributed by atoms with Crippen LogP contribution in [0.2, 0.25) is 5.02 Å². The van der Waals surface area contributed by atoms with E-state index in [-0.39, 0.29) is 11.8 Å². The minimum atomic E-state index is 0.149. The average molecular weight is 258 g/mol. The Morgan fingerprint density at radius 2 is 2.25 bits per heavy atom. The average Bonchev–Trinajstić information content (AvgIpc) is 2.60. The molecule has 1 aromatic carbocycles. The summed E-state index contributed by atoms with van der Waals surface area (Å²) in [6, 6.07) is 5.58. The van der Waals surface area contributed by atoms with E-state index in [4.69, 9.17) is 23.2 Å². The van der Waals surface area contributed by atoms with Crippen molar-refractivity contribution in [2.75, 3.05) is 17.3 Å². The van der Waals surface area contributed by atoms with Crippen LogP contribution in [0.1, 0.15) is 12.0 Å². The van der Waals surface area contributed by atoms with Crippen LogP contribution in [0.4, 0.5) is 5.69 Å². The number of halogens is 2. The number of benzene rings is 1. The summed E-state index contributed by atoms with van der Waals surface area (Å²) in [6.07, 6.45) is 0.547. The molecular weight excluding hydrogens is 245 g/mol. The fourth-order valence-electron chi connectivity index (χ4n) is 2.04. The summed E-state index contributed by atoms with van der Waals surface area (Å²) >= 11 is 11.7. The van der Waals surface area contributed by atoms with Gasteiger partial charge in [0.05, 0.1) is 0 Å². The third kappa shape index (κ3) is 2.18. The maximum Gasteiger partial charge on any atom is 0.227 e. The lowest BCUT2D eigenvalue weighted by Gasteiger charge is -2.19. The highest BCUT2D eigenvalue weighted by Crippen LogP contribution is 2.29. The molecule has 1 heterocycles. The number of nitrogens with zero attached hydrogens (tertiary/aromatic N) is 1. The zero-order chi connectivity index (χ0) is 11.7. The SMILES string of the molecule is Cc1cc(Cl)ccc1N1CC(CCl)CC1=O. The van der Waals surface area contributed by atoms with E-state index in [0.29, 0.717) is 23.9 Å². The Morgan fingerprint density at radius 1 is 1.50 bits per heavy atom. The molecule has 1 atom stereocenters. The molecule has 2 nitrogen and oxygen atoms in total. The summed E-state index contributed by atoms with van der Waals surface area (Å²) in [4.78, 5) is 13.6. The van der Waals surface area contributed by atoms with E-state index in [2.05, 4.69) is 0 Å². The third-order valence-corrected chi connectivity index (χ3v) is 3.54. The van der Waals surface area contributed by atoms with Crippen molar-refractivity contribution < 1.29 is 4.79 Å². The molecule has 1 aromatic rings. The molecule has 0 aromatic heterocycles. The standard InChI is InChI=1S/C12H13Cl2NO/c1-8-4-10(14)2-3-11(8)15-7-9(6-13)5-12(15)16/h2-4,9H,5-7H2,1H3. The van der Waals surface area contributed by atoms with Gasteiger partial charge in [-0.3, -0.25) is 4.79 Å². The molecule has 0 radical (unpaired) electrons. The number of alkyl halides is 1. The topological polar surface area (TPSA) is 20.3 Å². The van der Waals surface area contributed by atoms with Gasteiger partial charge in [-0.2, -0.15) is 0 Å². The number of carbonyl (C=O) groups excluding carboxylic acids is 1. The Kier molecular flexibility index (Phi) is 3.41. The molecule has 16 heavy (non-hydrogen) atoms. The van der Waals surface area contributed by atoms with Crippen molar-refractivity contribution >= 4 is 34.8 Å². The number of anilines is 1. The fraction of sp³-hybridized carbons (Fsp3) is 0.417. The molecule has 2 rings (SSSR count). The maximum atomic E-state index is 11.8. The van der Waals surface area contributed by atoms with Crippen LogP contribution in [-0.4, -0.2) is 18.3 Å². The van der Waals surface area contributed by atoms with Crippen LogP contribution in [-0.2, 0) is 4.79 Å². The summed E-state index contributed by atoms with van der Waals surface area (Å²) in [6.45, 7) is 2.67. The molecule has 0 bridgehead atoms. The summed E-state index contributed by atoms with van der Waals surface area (Å²) in [5.74, 6) is 0.954. The van der Waals surface area contributed by atoms with Gasteiger partial charge in [0.15, 0.2) is 0 Å². The summed E-state index contributed by atoms with van der Waals surface area (Å²) in [5.41, 5.74) is 1.97. The first kappa shape index (κ1) is 11.7. The number of aryl methyl sites for hydroxylation is 1. The van der Waals surface area contributed by atoms with Gasteiger partial charge in [-0.05, 0) is 36.6 Å². The second-order valence-electron chi connectivity index (χ2n) is 4.16. The van der Waals surface area contributed by atoms with Gasteiger partial charge in [0.25, 0.3) is 0 Å². The van der Waals surface area contributed by atoms with E-state index in [1.807, 2.05) is 25.1 Å². The molecule has 4 heteroatoms. The Morgan fingerprint density at radius 3 is 2.81 bits per heavy atom. The highest BCUT2D eigenvalue weighted by Gasteiger charge is 2.30. The van der Waals surface area contributed by atoms with Crippen LogP contribution in [0.3, 0.4) is 0 Å². The highest BCUT2D eigenvalue weighted by atomic mass is 35.5. The molecule has 0 aliphatic carbocycles. The van der Waals surface area contributed by atoms with Crippen LogP contribution in [0.25, 0.3) is 0 Å². The van der Waals surface area contributed by atoms with Crippen molar-refractivity contribution in [1.82, 2.24) is 0 Å². The lowest BCUT2D eigenvalue weighted by atomic mass is 10.1. The first-order valence-electron chi connectivity index (χ1n) is 5.24. The molecule has 0 saturated carbocycles. The molecule has 86 valence electrons. The smallest absolute Gasteiger partial charge is 0.227 e. The van der Waals surface area contributed by atoms with Gasteiger partial charge in [0.2, 0.25) is 5.91 Å². The first-order chi connectivity index (χ1) is 7.61. The van der Waals surface area contributed by atoms with Gasteiger partial charge in [0, 0.05) is 29.6 Å². The molecule has 1 amide bonds. The van der Waals surface area contributed by atoms with E-state index in [1.54, 1.807) is 4.90 Å².